The van der Waals surface area contributed by atoms with Gasteiger partial charge in [-0.15, -0.1) is 0 Å². The van der Waals surface area contributed by atoms with E-state index in [1.807, 2.05) is 42.5 Å². The molecule has 146 valence electrons. The lowest BCUT2D eigenvalue weighted by Gasteiger charge is -2.57. The zero-order valence-electron chi connectivity index (χ0n) is 16.4. The summed E-state index contributed by atoms with van der Waals surface area (Å²) in [5.41, 5.74) is 3.37. The van der Waals surface area contributed by atoms with E-state index >= 15 is 0 Å². The largest absolute Gasteiger partial charge is 0.508 e. The van der Waals surface area contributed by atoms with Crippen LogP contribution in [0.5, 0.6) is 5.75 Å². The number of carbonyl (C=O) groups is 1. The Labute approximate surface area is 167 Å². The molecule has 0 heterocycles. The minimum Gasteiger partial charge on any atom is -0.508 e. The summed E-state index contributed by atoms with van der Waals surface area (Å²) in [6.07, 6.45) is 8.19. The molecule has 0 aromatic heterocycles. The highest BCUT2D eigenvalue weighted by Crippen LogP contribution is 2.61. The maximum Gasteiger partial charge on any atom is 0.224 e. The molecule has 3 nitrogen and oxygen atoms in total. The Kier molecular flexibility index (Phi) is 4.41. The maximum atomic E-state index is 12.5. The summed E-state index contributed by atoms with van der Waals surface area (Å²) >= 11 is 0. The third kappa shape index (κ3) is 3.32. The van der Waals surface area contributed by atoms with Crippen LogP contribution in [0.3, 0.4) is 0 Å². The summed E-state index contributed by atoms with van der Waals surface area (Å²) in [5, 5.41) is 13.7. The van der Waals surface area contributed by atoms with Gasteiger partial charge in [-0.2, -0.15) is 0 Å². The zero-order valence-corrected chi connectivity index (χ0v) is 16.4. The summed E-state index contributed by atoms with van der Waals surface area (Å²) in [5.74, 6) is 2.97. The van der Waals surface area contributed by atoms with Gasteiger partial charge in [-0.25, -0.2) is 0 Å². The molecule has 0 spiro atoms. The number of phenolic OH excluding ortho intramolecular Hbond substituents is 1. The first kappa shape index (κ1) is 17.8. The quantitative estimate of drug-likeness (QED) is 0.794. The van der Waals surface area contributed by atoms with Gasteiger partial charge >= 0.3 is 0 Å². The van der Waals surface area contributed by atoms with Crippen LogP contribution in [0.4, 0.5) is 0 Å². The summed E-state index contributed by atoms with van der Waals surface area (Å²) in [6, 6.07) is 15.8. The van der Waals surface area contributed by atoms with Gasteiger partial charge in [0.05, 0.1) is 6.42 Å². The highest BCUT2D eigenvalue weighted by atomic mass is 16.3. The minimum atomic E-state index is 0.0333. The van der Waals surface area contributed by atoms with Crippen molar-refractivity contribution in [3.05, 3.63) is 65.2 Å². The first-order valence-electron chi connectivity index (χ1n) is 10.7. The van der Waals surface area contributed by atoms with E-state index in [1.165, 1.54) is 38.5 Å². The highest BCUT2D eigenvalue weighted by Gasteiger charge is 2.52. The van der Waals surface area contributed by atoms with Crippen molar-refractivity contribution in [1.29, 1.82) is 0 Å². The molecule has 0 saturated heterocycles. The maximum absolute atomic E-state index is 12.5. The van der Waals surface area contributed by atoms with Crippen LogP contribution in [-0.4, -0.2) is 11.0 Å². The first-order valence-corrected chi connectivity index (χ1v) is 10.7. The molecule has 0 atom stereocenters. The average Bonchev–Trinajstić information content (AvgIpc) is 2.67. The van der Waals surface area contributed by atoms with Gasteiger partial charge in [-0.05, 0) is 78.9 Å². The van der Waals surface area contributed by atoms with E-state index in [-0.39, 0.29) is 11.3 Å². The fourth-order valence-electron chi connectivity index (χ4n) is 6.60. The van der Waals surface area contributed by atoms with Gasteiger partial charge in [0.15, 0.2) is 0 Å². The molecule has 6 rings (SSSR count). The van der Waals surface area contributed by atoms with E-state index in [9.17, 15) is 9.90 Å². The van der Waals surface area contributed by atoms with E-state index in [1.54, 1.807) is 0 Å². The van der Waals surface area contributed by atoms with Gasteiger partial charge in [0, 0.05) is 12.1 Å². The van der Waals surface area contributed by atoms with E-state index in [2.05, 4.69) is 11.4 Å². The second-order valence-corrected chi connectivity index (χ2v) is 9.49. The second-order valence-electron chi connectivity index (χ2n) is 9.49. The summed E-state index contributed by atoms with van der Waals surface area (Å²) in [7, 11) is 0. The highest BCUT2D eigenvalue weighted by molar-refractivity contribution is 5.78. The smallest absolute Gasteiger partial charge is 0.224 e. The molecular formula is C25H29NO2. The third-order valence-corrected chi connectivity index (χ3v) is 7.37. The van der Waals surface area contributed by atoms with Gasteiger partial charge in [0.25, 0.3) is 0 Å². The number of carbonyl (C=O) groups excluding carboxylic acids is 1. The Morgan fingerprint density at radius 3 is 2.21 bits per heavy atom. The Morgan fingerprint density at radius 1 is 0.929 bits per heavy atom. The molecule has 28 heavy (non-hydrogen) atoms. The van der Waals surface area contributed by atoms with Crippen molar-refractivity contribution >= 4 is 5.91 Å². The van der Waals surface area contributed by atoms with Crippen LogP contribution in [0.2, 0.25) is 0 Å². The predicted molar refractivity (Wildman–Crippen MR) is 110 cm³/mol. The van der Waals surface area contributed by atoms with E-state index in [4.69, 9.17) is 0 Å². The van der Waals surface area contributed by atoms with E-state index < -0.39 is 0 Å². The van der Waals surface area contributed by atoms with Crippen molar-refractivity contribution in [2.45, 2.75) is 56.9 Å². The Morgan fingerprint density at radius 2 is 1.57 bits per heavy atom. The lowest BCUT2D eigenvalue weighted by molar-refractivity contribution is -0.120. The number of nitrogens with one attached hydrogen (secondary N) is 1. The molecule has 1 amide bonds. The Bertz CT molecular complexity index is 838. The number of phenols is 1. The fraction of sp³-hybridized carbons (Fsp3) is 0.480. The van der Waals surface area contributed by atoms with Gasteiger partial charge in [0.2, 0.25) is 5.91 Å². The monoisotopic (exact) mass is 375 g/mol. The van der Waals surface area contributed by atoms with Gasteiger partial charge in [-0.3, -0.25) is 4.79 Å². The van der Waals surface area contributed by atoms with Crippen molar-refractivity contribution in [2.75, 3.05) is 0 Å². The lowest BCUT2D eigenvalue weighted by atomic mass is 9.48. The van der Waals surface area contributed by atoms with Crippen LogP contribution in [0.15, 0.2) is 48.5 Å². The van der Waals surface area contributed by atoms with Crippen molar-refractivity contribution in [1.82, 2.24) is 5.32 Å². The van der Waals surface area contributed by atoms with Gasteiger partial charge in [-0.1, -0.05) is 42.5 Å². The molecule has 4 saturated carbocycles. The minimum absolute atomic E-state index is 0.0333. The molecule has 4 fully saturated rings. The summed E-state index contributed by atoms with van der Waals surface area (Å²) < 4.78 is 0. The normalized spacial score (nSPS) is 30.4. The molecular weight excluding hydrogens is 346 g/mol. The van der Waals surface area contributed by atoms with Crippen molar-refractivity contribution < 1.29 is 9.90 Å². The van der Waals surface area contributed by atoms with Crippen molar-refractivity contribution in [3.63, 3.8) is 0 Å². The number of amides is 1. The number of benzene rings is 2. The molecule has 2 aromatic carbocycles. The molecule has 4 aliphatic rings. The van der Waals surface area contributed by atoms with Gasteiger partial charge < -0.3 is 10.4 Å². The fourth-order valence-corrected chi connectivity index (χ4v) is 6.60. The first-order chi connectivity index (χ1) is 13.6. The second kappa shape index (κ2) is 6.95. The van der Waals surface area contributed by atoms with Crippen LogP contribution >= 0.6 is 0 Å². The van der Waals surface area contributed by atoms with Crippen LogP contribution < -0.4 is 5.32 Å². The standard InChI is InChI=1S/C25H29NO2/c27-23-7-6-18(12-24(28)26-16-17-4-2-1-3-5-17)11-22(23)25-13-19-8-20(14-25)10-21(9-19)15-25/h1-7,11,19-21,27H,8-10,12-16H2,(H,26,28). The molecule has 4 aliphatic carbocycles. The summed E-state index contributed by atoms with van der Waals surface area (Å²) in [4.78, 5) is 12.5. The third-order valence-electron chi connectivity index (χ3n) is 7.37. The molecule has 2 N–H and O–H groups in total. The summed E-state index contributed by atoms with van der Waals surface area (Å²) in [6.45, 7) is 0.555. The van der Waals surface area contributed by atoms with E-state index in [0.29, 0.717) is 18.7 Å². The van der Waals surface area contributed by atoms with Crippen LogP contribution in [0.25, 0.3) is 0 Å². The molecule has 4 bridgehead atoms. The molecule has 2 aromatic rings. The number of aromatic hydroxyl groups is 1. The lowest BCUT2D eigenvalue weighted by Crippen LogP contribution is -2.48. The van der Waals surface area contributed by atoms with E-state index in [0.717, 1.165) is 34.4 Å². The Balaban J connectivity index is 1.32. The van der Waals surface area contributed by atoms with Gasteiger partial charge in [0.1, 0.15) is 5.75 Å². The Hall–Kier alpha value is -2.29. The molecule has 0 radical (unpaired) electrons. The van der Waals surface area contributed by atoms with Crippen LogP contribution in [0.1, 0.15) is 55.2 Å². The SMILES string of the molecule is O=C(Cc1ccc(O)c(C23CC4CC(CC(C4)C2)C3)c1)NCc1ccccc1. The molecule has 3 heteroatoms. The number of hydrogen-bond acceptors (Lipinski definition) is 2. The number of hydrogen-bond donors (Lipinski definition) is 2. The van der Waals surface area contributed by atoms with Crippen molar-refractivity contribution in [3.8, 4) is 5.75 Å². The van der Waals surface area contributed by atoms with Crippen LogP contribution in [-0.2, 0) is 23.2 Å². The number of rotatable bonds is 5. The topological polar surface area (TPSA) is 49.3 Å². The molecule has 0 aliphatic heterocycles. The molecule has 0 unspecified atom stereocenters. The zero-order chi connectivity index (χ0) is 19.1. The van der Waals surface area contributed by atoms with Crippen molar-refractivity contribution in [2.24, 2.45) is 17.8 Å². The average molecular weight is 376 g/mol. The van der Waals surface area contributed by atoms with Crippen LogP contribution in [0, 0.1) is 17.8 Å². The predicted octanol–water partition coefficient (Wildman–Crippen LogP) is 4.72.